The fraction of sp³-hybridized carbons (Fsp3) is 0.500. The summed E-state index contributed by atoms with van der Waals surface area (Å²) in [7, 11) is 0. The molecule has 1 aromatic carbocycles. The smallest absolute Gasteiger partial charge is 0.269 e. The fourth-order valence-electron chi connectivity index (χ4n) is 3.19. The lowest BCUT2D eigenvalue weighted by Crippen LogP contribution is -2.37. The summed E-state index contributed by atoms with van der Waals surface area (Å²) in [5, 5.41) is 4.25. The van der Waals surface area contributed by atoms with Gasteiger partial charge in [-0.1, -0.05) is 30.3 Å². The van der Waals surface area contributed by atoms with Gasteiger partial charge in [-0.2, -0.15) is 5.10 Å². The Balaban J connectivity index is 1.47. The molecule has 0 saturated carbocycles. The maximum Gasteiger partial charge on any atom is 0.269 e. The molecule has 0 radical (unpaired) electrons. The molecule has 3 rings (SSSR count). The molecule has 0 atom stereocenters. The van der Waals surface area contributed by atoms with Gasteiger partial charge in [-0.25, -0.2) is 4.68 Å². The zero-order valence-corrected chi connectivity index (χ0v) is 14.8. The summed E-state index contributed by atoms with van der Waals surface area (Å²) >= 11 is 0. The monoisotopic (exact) mass is 341 g/mol. The number of ether oxygens (including phenoxy) is 1. The van der Waals surface area contributed by atoms with Gasteiger partial charge in [-0.05, 0) is 43.9 Å². The van der Waals surface area contributed by atoms with Crippen LogP contribution in [0.2, 0.25) is 0 Å². The van der Waals surface area contributed by atoms with Gasteiger partial charge in [0.05, 0.1) is 13.2 Å². The number of unbranched alkanes of at least 4 members (excludes halogenated alkanes) is 1. The molecule has 5 heteroatoms. The van der Waals surface area contributed by atoms with Crippen LogP contribution >= 0.6 is 0 Å². The van der Waals surface area contributed by atoms with Gasteiger partial charge in [0.15, 0.2) is 0 Å². The Labute approximate surface area is 149 Å². The Morgan fingerprint density at radius 2 is 1.72 bits per heavy atom. The van der Waals surface area contributed by atoms with Crippen LogP contribution in [0.15, 0.2) is 47.4 Å². The molecule has 0 unspecified atom stereocenters. The molecule has 134 valence electrons. The SMILES string of the molecule is O=c1c(CCc2ccccc2)ccnn1CCCCN1CCOCC1. The third kappa shape index (κ3) is 5.51. The molecule has 1 saturated heterocycles. The van der Waals surface area contributed by atoms with E-state index in [1.165, 1.54) is 5.56 Å². The quantitative estimate of drug-likeness (QED) is 0.690. The first-order valence-electron chi connectivity index (χ1n) is 9.22. The van der Waals surface area contributed by atoms with E-state index in [9.17, 15) is 4.79 Å². The summed E-state index contributed by atoms with van der Waals surface area (Å²) in [6, 6.07) is 12.1. The summed E-state index contributed by atoms with van der Waals surface area (Å²) in [5.74, 6) is 0. The van der Waals surface area contributed by atoms with Crippen LogP contribution in [0.4, 0.5) is 0 Å². The van der Waals surface area contributed by atoms with Gasteiger partial charge < -0.3 is 4.74 Å². The van der Waals surface area contributed by atoms with Gasteiger partial charge in [-0.15, -0.1) is 0 Å². The highest BCUT2D eigenvalue weighted by atomic mass is 16.5. The molecule has 1 aromatic heterocycles. The van der Waals surface area contributed by atoms with Crippen LogP contribution in [0, 0.1) is 0 Å². The van der Waals surface area contributed by atoms with Crippen molar-refractivity contribution in [3.05, 3.63) is 64.1 Å². The number of morpholine rings is 1. The lowest BCUT2D eigenvalue weighted by atomic mass is 10.1. The van der Waals surface area contributed by atoms with Crippen molar-refractivity contribution in [2.45, 2.75) is 32.2 Å². The minimum Gasteiger partial charge on any atom is -0.379 e. The summed E-state index contributed by atoms with van der Waals surface area (Å²) < 4.78 is 6.99. The van der Waals surface area contributed by atoms with Gasteiger partial charge in [0.1, 0.15) is 0 Å². The Hall–Kier alpha value is -1.98. The van der Waals surface area contributed by atoms with E-state index in [0.29, 0.717) is 6.54 Å². The van der Waals surface area contributed by atoms with Crippen molar-refractivity contribution in [2.24, 2.45) is 0 Å². The third-order valence-electron chi connectivity index (χ3n) is 4.71. The average Bonchev–Trinajstić information content (AvgIpc) is 2.67. The predicted molar refractivity (Wildman–Crippen MR) is 98.8 cm³/mol. The maximum atomic E-state index is 12.6. The Morgan fingerprint density at radius 1 is 0.960 bits per heavy atom. The molecular weight excluding hydrogens is 314 g/mol. The second-order valence-corrected chi connectivity index (χ2v) is 6.53. The second-order valence-electron chi connectivity index (χ2n) is 6.53. The highest BCUT2D eigenvalue weighted by molar-refractivity contribution is 5.17. The first-order valence-corrected chi connectivity index (χ1v) is 9.22. The summed E-state index contributed by atoms with van der Waals surface area (Å²) in [5.41, 5.74) is 2.17. The lowest BCUT2D eigenvalue weighted by Gasteiger charge is -2.26. The molecule has 0 spiro atoms. The minimum absolute atomic E-state index is 0.0600. The Morgan fingerprint density at radius 3 is 2.52 bits per heavy atom. The zero-order valence-electron chi connectivity index (χ0n) is 14.8. The number of aryl methyl sites for hydroxylation is 3. The maximum absolute atomic E-state index is 12.6. The molecule has 25 heavy (non-hydrogen) atoms. The predicted octanol–water partition coefficient (Wildman–Crippen LogP) is 2.14. The van der Waals surface area contributed by atoms with E-state index in [2.05, 4.69) is 22.1 Å². The van der Waals surface area contributed by atoms with Gasteiger partial charge in [0.2, 0.25) is 0 Å². The molecule has 0 bridgehead atoms. The van der Waals surface area contributed by atoms with Crippen LogP contribution in [-0.4, -0.2) is 47.5 Å². The lowest BCUT2D eigenvalue weighted by molar-refractivity contribution is 0.0370. The van der Waals surface area contributed by atoms with Crippen molar-refractivity contribution >= 4 is 0 Å². The third-order valence-corrected chi connectivity index (χ3v) is 4.71. The van der Waals surface area contributed by atoms with Crippen molar-refractivity contribution < 1.29 is 4.74 Å². The molecule has 1 fully saturated rings. The van der Waals surface area contributed by atoms with E-state index in [1.54, 1.807) is 10.9 Å². The number of benzene rings is 1. The molecule has 2 aromatic rings. The zero-order chi connectivity index (χ0) is 17.3. The molecule has 5 nitrogen and oxygen atoms in total. The molecule has 2 heterocycles. The second kappa shape index (κ2) is 9.49. The van der Waals surface area contributed by atoms with E-state index in [-0.39, 0.29) is 5.56 Å². The van der Waals surface area contributed by atoms with E-state index in [1.807, 2.05) is 24.3 Å². The minimum atomic E-state index is 0.0600. The van der Waals surface area contributed by atoms with Gasteiger partial charge in [0.25, 0.3) is 5.56 Å². The van der Waals surface area contributed by atoms with E-state index >= 15 is 0 Å². The van der Waals surface area contributed by atoms with Crippen LogP contribution in [0.25, 0.3) is 0 Å². The van der Waals surface area contributed by atoms with E-state index < -0.39 is 0 Å². The summed E-state index contributed by atoms with van der Waals surface area (Å²) in [6.07, 6.45) is 5.47. The van der Waals surface area contributed by atoms with Gasteiger partial charge >= 0.3 is 0 Å². The Kier molecular flexibility index (Phi) is 6.77. The molecule has 1 aliphatic rings. The first-order chi connectivity index (χ1) is 12.3. The topological polar surface area (TPSA) is 47.4 Å². The molecular formula is C20H27N3O2. The Bertz CT molecular complexity index is 694. The van der Waals surface area contributed by atoms with Crippen LogP contribution in [-0.2, 0) is 24.1 Å². The number of hydrogen-bond donors (Lipinski definition) is 0. The van der Waals surface area contributed by atoms with Crippen molar-refractivity contribution in [1.82, 2.24) is 14.7 Å². The number of nitrogens with zero attached hydrogens (tertiary/aromatic N) is 3. The first kappa shape index (κ1) is 17.8. The van der Waals surface area contributed by atoms with Crippen molar-refractivity contribution in [2.75, 3.05) is 32.8 Å². The standard InChI is InChI=1S/C20H27N3O2/c24-20-19(9-8-18-6-2-1-3-7-18)10-11-21-23(20)13-5-4-12-22-14-16-25-17-15-22/h1-3,6-7,10-11H,4-5,8-9,12-17H2. The normalized spacial score (nSPS) is 15.4. The van der Waals surface area contributed by atoms with Crippen molar-refractivity contribution in [1.29, 1.82) is 0 Å². The summed E-state index contributed by atoms with van der Waals surface area (Å²) in [6.45, 7) is 5.49. The number of aromatic nitrogens is 2. The highest BCUT2D eigenvalue weighted by Gasteiger charge is 2.10. The van der Waals surface area contributed by atoms with E-state index in [4.69, 9.17) is 4.74 Å². The molecule has 0 amide bonds. The van der Waals surface area contributed by atoms with Crippen LogP contribution < -0.4 is 5.56 Å². The van der Waals surface area contributed by atoms with E-state index in [0.717, 1.165) is 64.1 Å². The number of rotatable bonds is 8. The van der Waals surface area contributed by atoms with Crippen LogP contribution in [0.5, 0.6) is 0 Å². The molecule has 0 N–H and O–H groups in total. The van der Waals surface area contributed by atoms with Gasteiger partial charge in [0, 0.05) is 31.4 Å². The fourth-order valence-corrected chi connectivity index (χ4v) is 3.19. The molecule has 0 aliphatic carbocycles. The van der Waals surface area contributed by atoms with Crippen LogP contribution in [0.1, 0.15) is 24.0 Å². The van der Waals surface area contributed by atoms with Gasteiger partial charge in [-0.3, -0.25) is 9.69 Å². The van der Waals surface area contributed by atoms with Crippen LogP contribution in [0.3, 0.4) is 0 Å². The summed E-state index contributed by atoms with van der Waals surface area (Å²) in [4.78, 5) is 15.0. The van der Waals surface area contributed by atoms with Crippen molar-refractivity contribution in [3.63, 3.8) is 0 Å². The highest BCUT2D eigenvalue weighted by Crippen LogP contribution is 2.04. The average molecular weight is 341 g/mol. The molecule has 1 aliphatic heterocycles. The van der Waals surface area contributed by atoms with Crippen molar-refractivity contribution in [3.8, 4) is 0 Å². The number of hydrogen-bond acceptors (Lipinski definition) is 4. The largest absolute Gasteiger partial charge is 0.379 e.